The largest absolute Gasteiger partial charge is 0.488 e. The summed E-state index contributed by atoms with van der Waals surface area (Å²) in [5.41, 5.74) is 10.4. The lowest BCUT2D eigenvalue weighted by atomic mass is 9.80. The van der Waals surface area contributed by atoms with Gasteiger partial charge in [-0.3, -0.25) is 0 Å². The van der Waals surface area contributed by atoms with Gasteiger partial charge in [0.1, 0.15) is 0 Å². The summed E-state index contributed by atoms with van der Waals surface area (Å²) in [6.07, 6.45) is 1.66. The molecule has 0 radical (unpaired) electrons. The normalized spacial score (nSPS) is 11.7. The van der Waals surface area contributed by atoms with Gasteiger partial charge >= 0.3 is 7.12 Å². The van der Waals surface area contributed by atoms with Crippen LogP contribution in [0.3, 0.4) is 0 Å². The molecule has 0 saturated carbocycles. The Labute approximate surface area is 168 Å². The molecule has 0 aliphatic rings. The first-order valence-corrected chi connectivity index (χ1v) is 9.70. The summed E-state index contributed by atoms with van der Waals surface area (Å²) in [7, 11) is -1.46. The van der Waals surface area contributed by atoms with Gasteiger partial charge < -0.3 is 15.8 Å². The van der Waals surface area contributed by atoms with Gasteiger partial charge in [-0.25, -0.2) is 0 Å². The lowest BCUT2D eigenvalue weighted by Gasteiger charge is -2.05. The molecular formula is C21H20BN3O2S. The first-order valence-electron chi connectivity index (χ1n) is 8.71. The topological polar surface area (TPSA) is 91.2 Å². The molecule has 3 aromatic carbocycles. The van der Waals surface area contributed by atoms with Gasteiger partial charge in [-0.15, -0.1) is 5.10 Å². The van der Waals surface area contributed by atoms with Gasteiger partial charge in [0.25, 0.3) is 0 Å². The fraction of sp³-hybridized carbons (Fsp3) is 0.0476. The van der Waals surface area contributed by atoms with Crippen molar-refractivity contribution in [3.05, 3.63) is 90.0 Å². The van der Waals surface area contributed by atoms with E-state index in [-0.39, 0.29) is 0 Å². The van der Waals surface area contributed by atoms with E-state index in [2.05, 4.69) is 10.2 Å². The van der Waals surface area contributed by atoms with E-state index in [1.165, 1.54) is 17.3 Å². The third kappa shape index (κ3) is 5.82. The van der Waals surface area contributed by atoms with Crippen LogP contribution >= 0.6 is 11.8 Å². The molecule has 0 spiro atoms. The van der Waals surface area contributed by atoms with Crippen LogP contribution in [0.25, 0.3) is 11.1 Å². The van der Waals surface area contributed by atoms with Crippen molar-refractivity contribution in [2.24, 2.45) is 15.9 Å². The lowest BCUT2D eigenvalue weighted by Crippen LogP contribution is -2.29. The minimum Gasteiger partial charge on any atom is -0.423 e. The molecule has 0 aliphatic carbocycles. The highest BCUT2D eigenvalue weighted by Gasteiger charge is 2.10. The maximum absolute atomic E-state index is 9.19. The standard InChI is InChI=1S/C21H20BN3O2S/c23-21(28-15-16-5-2-1-3-6-16)25-24-14-17-7-4-8-19(13-17)18-9-11-20(12-10-18)22(26)27/h1-14,26-27H,15H2,(H2,23,25). The fourth-order valence-corrected chi connectivity index (χ4v) is 3.17. The number of nitrogens with two attached hydrogens (primary N) is 1. The van der Waals surface area contributed by atoms with E-state index in [1.54, 1.807) is 18.3 Å². The molecule has 28 heavy (non-hydrogen) atoms. The van der Waals surface area contributed by atoms with Crippen molar-refractivity contribution in [3.8, 4) is 11.1 Å². The van der Waals surface area contributed by atoms with Crippen molar-refractivity contribution in [2.75, 3.05) is 0 Å². The quantitative estimate of drug-likeness (QED) is 0.262. The van der Waals surface area contributed by atoms with Crippen LogP contribution in [0.4, 0.5) is 0 Å². The van der Waals surface area contributed by atoms with E-state index in [1.807, 2.05) is 66.7 Å². The molecule has 3 rings (SSSR count). The molecule has 0 fully saturated rings. The molecule has 3 aromatic rings. The Morgan fingerprint density at radius 1 is 0.929 bits per heavy atom. The molecule has 140 valence electrons. The lowest BCUT2D eigenvalue weighted by molar-refractivity contribution is 0.426. The second-order valence-electron chi connectivity index (χ2n) is 6.08. The van der Waals surface area contributed by atoms with Crippen molar-refractivity contribution < 1.29 is 10.0 Å². The average molecular weight is 389 g/mol. The van der Waals surface area contributed by atoms with Crippen LogP contribution in [0.15, 0.2) is 89.1 Å². The molecule has 0 unspecified atom stereocenters. The number of rotatable bonds is 6. The minimum atomic E-state index is -1.46. The molecule has 5 nitrogen and oxygen atoms in total. The second kappa shape index (κ2) is 9.89. The zero-order valence-electron chi connectivity index (χ0n) is 15.1. The summed E-state index contributed by atoms with van der Waals surface area (Å²) in [5.74, 6) is 0.750. The Balaban J connectivity index is 1.63. The van der Waals surface area contributed by atoms with Crippen LogP contribution in [0.1, 0.15) is 11.1 Å². The molecule has 0 atom stereocenters. The van der Waals surface area contributed by atoms with Crippen LogP contribution < -0.4 is 11.2 Å². The van der Waals surface area contributed by atoms with E-state index in [0.717, 1.165) is 22.4 Å². The molecule has 7 heteroatoms. The Hall–Kier alpha value is -2.87. The molecule has 0 bridgehead atoms. The van der Waals surface area contributed by atoms with Gasteiger partial charge in [-0.1, -0.05) is 84.6 Å². The maximum Gasteiger partial charge on any atom is 0.488 e. The number of amidine groups is 1. The minimum absolute atomic E-state index is 0.411. The van der Waals surface area contributed by atoms with Crippen LogP contribution in [0, 0.1) is 0 Å². The highest BCUT2D eigenvalue weighted by Crippen LogP contribution is 2.19. The summed E-state index contributed by atoms with van der Waals surface area (Å²) >= 11 is 1.44. The Bertz CT molecular complexity index is 961. The summed E-state index contributed by atoms with van der Waals surface area (Å²) in [6.45, 7) is 0. The van der Waals surface area contributed by atoms with Gasteiger partial charge in [-0.2, -0.15) is 5.10 Å². The molecule has 4 N–H and O–H groups in total. The van der Waals surface area contributed by atoms with E-state index in [0.29, 0.717) is 10.6 Å². The average Bonchev–Trinajstić information content (AvgIpc) is 2.73. The zero-order valence-corrected chi connectivity index (χ0v) is 16.0. The van der Waals surface area contributed by atoms with Crippen molar-refractivity contribution in [2.45, 2.75) is 5.75 Å². The highest BCUT2D eigenvalue weighted by molar-refractivity contribution is 8.13. The van der Waals surface area contributed by atoms with E-state index >= 15 is 0 Å². The van der Waals surface area contributed by atoms with E-state index in [4.69, 9.17) is 5.73 Å². The number of benzene rings is 3. The van der Waals surface area contributed by atoms with Crippen LogP contribution in [0.5, 0.6) is 0 Å². The smallest absolute Gasteiger partial charge is 0.423 e. The van der Waals surface area contributed by atoms with Crippen molar-refractivity contribution in [3.63, 3.8) is 0 Å². The monoisotopic (exact) mass is 389 g/mol. The zero-order chi connectivity index (χ0) is 19.8. The summed E-state index contributed by atoms with van der Waals surface area (Å²) < 4.78 is 0. The van der Waals surface area contributed by atoms with Gasteiger partial charge in [0.2, 0.25) is 0 Å². The third-order valence-electron chi connectivity index (χ3n) is 4.02. The molecular weight excluding hydrogens is 369 g/mol. The predicted molar refractivity (Wildman–Crippen MR) is 119 cm³/mol. The highest BCUT2D eigenvalue weighted by atomic mass is 32.2. The van der Waals surface area contributed by atoms with Crippen molar-refractivity contribution in [1.82, 2.24) is 0 Å². The third-order valence-corrected chi connectivity index (χ3v) is 4.88. The summed E-state index contributed by atoms with van der Waals surface area (Å²) in [6, 6.07) is 25.0. The van der Waals surface area contributed by atoms with Crippen molar-refractivity contribution >= 4 is 35.7 Å². The second-order valence-corrected chi connectivity index (χ2v) is 7.07. The van der Waals surface area contributed by atoms with E-state index < -0.39 is 7.12 Å². The summed E-state index contributed by atoms with van der Waals surface area (Å²) in [5, 5.41) is 26.9. The first-order chi connectivity index (χ1) is 13.6. The summed E-state index contributed by atoms with van der Waals surface area (Å²) in [4.78, 5) is 0. The molecule has 0 heterocycles. The number of hydrogen-bond donors (Lipinski definition) is 3. The van der Waals surface area contributed by atoms with E-state index in [9.17, 15) is 10.0 Å². The van der Waals surface area contributed by atoms with Gasteiger partial charge in [-0.05, 0) is 33.8 Å². The van der Waals surface area contributed by atoms with Gasteiger partial charge in [0, 0.05) is 5.75 Å². The van der Waals surface area contributed by atoms with Crippen molar-refractivity contribution in [1.29, 1.82) is 0 Å². The number of hydrogen-bond acceptors (Lipinski definition) is 5. The van der Waals surface area contributed by atoms with Gasteiger partial charge in [0.15, 0.2) is 5.17 Å². The van der Waals surface area contributed by atoms with Gasteiger partial charge in [0.05, 0.1) is 6.21 Å². The Kier molecular flexibility index (Phi) is 7.03. The number of thioether (sulfide) groups is 1. The Morgan fingerprint density at radius 2 is 1.68 bits per heavy atom. The molecule has 0 amide bonds. The SMILES string of the molecule is NC(=NN=Cc1cccc(-c2ccc(B(O)O)cc2)c1)SCc1ccccc1. The van der Waals surface area contributed by atoms with Crippen LogP contribution in [0.2, 0.25) is 0 Å². The molecule has 0 saturated heterocycles. The Morgan fingerprint density at radius 3 is 2.39 bits per heavy atom. The van der Waals surface area contributed by atoms with Crippen LogP contribution in [-0.2, 0) is 5.75 Å². The molecule has 0 aliphatic heterocycles. The number of nitrogens with zero attached hydrogens (tertiary/aromatic N) is 2. The first kappa shape index (κ1) is 19.9. The molecule has 0 aromatic heterocycles. The fourth-order valence-electron chi connectivity index (χ4n) is 2.56. The van der Waals surface area contributed by atoms with Crippen LogP contribution in [-0.4, -0.2) is 28.5 Å². The maximum atomic E-state index is 9.19. The predicted octanol–water partition coefficient (Wildman–Crippen LogP) is 2.62.